The van der Waals surface area contributed by atoms with Crippen LogP contribution < -0.4 is 8.92 Å². The Labute approximate surface area is 196 Å². The van der Waals surface area contributed by atoms with Crippen molar-refractivity contribution in [1.82, 2.24) is 0 Å². The van der Waals surface area contributed by atoms with Crippen LogP contribution in [0, 0.1) is 6.92 Å². The van der Waals surface area contributed by atoms with Crippen LogP contribution >= 0.6 is 34.8 Å². The molecule has 0 saturated carbocycles. The number of ether oxygens (including phenoxy) is 1. The van der Waals surface area contributed by atoms with Crippen LogP contribution in [0.5, 0.6) is 11.5 Å². The molecule has 0 spiro atoms. The second kappa shape index (κ2) is 9.92. The van der Waals surface area contributed by atoms with Crippen LogP contribution in [-0.4, -0.2) is 21.2 Å². The molecular formula is C22H18Cl3NO4S. The zero-order valence-electron chi connectivity index (χ0n) is 16.6. The van der Waals surface area contributed by atoms with Crippen molar-refractivity contribution in [2.24, 2.45) is 4.99 Å². The summed E-state index contributed by atoms with van der Waals surface area (Å²) in [7, 11) is -4.14. The first-order valence-electron chi connectivity index (χ1n) is 9.16. The zero-order valence-corrected chi connectivity index (χ0v) is 19.7. The minimum absolute atomic E-state index is 0.0579. The maximum Gasteiger partial charge on any atom is 0.339 e. The van der Waals surface area contributed by atoms with E-state index in [2.05, 4.69) is 4.99 Å². The molecule has 0 amide bonds. The summed E-state index contributed by atoms with van der Waals surface area (Å²) in [6.45, 7) is 3.96. The SMILES string of the molecule is CCOc1cc(C=Nc2cc(Cl)ccc2C)cc(Cl)c1OS(=O)(=O)c1ccc(Cl)cc1. The van der Waals surface area contributed by atoms with Crippen LogP contribution in [0.25, 0.3) is 0 Å². The number of aryl methyl sites for hydroxylation is 1. The largest absolute Gasteiger partial charge is 0.490 e. The molecule has 0 heterocycles. The van der Waals surface area contributed by atoms with E-state index in [4.69, 9.17) is 43.7 Å². The third-order valence-corrected chi connectivity index (χ3v) is 6.15. The molecule has 0 saturated heterocycles. The van der Waals surface area contributed by atoms with Crippen LogP contribution in [0.15, 0.2) is 64.5 Å². The highest BCUT2D eigenvalue weighted by Crippen LogP contribution is 2.38. The van der Waals surface area contributed by atoms with E-state index >= 15 is 0 Å². The topological polar surface area (TPSA) is 65.0 Å². The molecular weight excluding hydrogens is 481 g/mol. The minimum Gasteiger partial charge on any atom is -0.490 e. The van der Waals surface area contributed by atoms with Crippen molar-refractivity contribution < 1.29 is 17.3 Å². The predicted octanol–water partition coefficient (Wildman–Crippen LogP) is 6.87. The highest BCUT2D eigenvalue weighted by atomic mass is 35.5. The molecule has 3 aromatic carbocycles. The average molecular weight is 499 g/mol. The van der Waals surface area contributed by atoms with Gasteiger partial charge in [-0.15, -0.1) is 0 Å². The molecule has 0 aliphatic carbocycles. The molecule has 9 heteroatoms. The Morgan fingerprint density at radius 2 is 1.65 bits per heavy atom. The first kappa shape index (κ1) is 23.4. The van der Waals surface area contributed by atoms with E-state index in [0.717, 1.165) is 5.56 Å². The van der Waals surface area contributed by atoms with Gasteiger partial charge in [-0.1, -0.05) is 40.9 Å². The maximum atomic E-state index is 12.7. The Morgan fingerprint density at radius 3 is 2.32 bits per heavy atom. The molecule has 0 radical (unpaired) electrons. The van der Waals surface area contributed by atoms with E-state index in [1.807, 2.05) is 13.0 Å². The normalized spacial score (nSPS) is 11.6. The Hall–Kier alpha value is -2.25. The standard InChI is InChI=1S/C22H18Cl3NO4S/c1-3-29-21-11-15(13-26-20-12-17(24)5-4-14(20)2)10-19(25)22(21)30-31(27,28)18-8-6-16(23)7-9-18/h4-13H,3H2,1-2H3. The quantitative estimate of drug-likeness (QED) is 0.263. The van der Waals surface area contributed by atoms with Gasteiger partial charge in [-0.25, -0.2) is 0 Å². The number of aliphatic imine (C=N–C) groups is 1. The van der Waals surface area contributed by atoms with E-state index in [1.54, 1.807) is 37.4 Å². The van der Waals surface area contributed by atoms with Gasteiger partial charge in [-0.3, -0.25) is 4.99 Å². The van der Waals surface area contributed by atoms with Gasteiger partial charge in [0.2, 0.25) is 5.75 Å². The van der Waals surface area contributed by atoms with Gasteiger partial charge in [0.1, 0.15) is 4.90 Å². The Morgan fingerprint density at radius 1 is 0.968 bits per heavy atom. The van der Waals surface area contributed by atoms with E-state index in [0.29, 0.717) is 21.3 Å². The molecule has 5 nitrogen and oxygen atoms in total. The Bertz CT molecular complexity index is 1230. The minimum atomic E-state index is -4.14. The third kappa shape index (κ3) is 5.92. The number of nitrogens with zero attached hydrogens (tertiary/aromatic N) is 1. The van der Waals surface area contributed by atoms with E-state index in [-0.39, 0.29) is 28.0 Å². The molecule has 0 unspecified atom stereocenters. The summed E-state index contributed by atoms with van der Waals surface area (Å²) in [5.41, 5.74) is 2.25. The summed E-state index contributed by atoms with van der Waals surface area (Å²) in [5, 5.41) is 1.04. The lowest BCUT2D eigenvalue weighted by molar-refractivity contribution is 0.327. The molecule has 3 aromatic rings. The van der Waals surface area contributed by atoms with Crippen LogP contribution in [0.3, 0.4) is 0 Å². The predicted molar refractivity (Wildman–Crippen MR) is 125 cm³/mol. The number of hydrogen-bond donors (Lipinski definition) is 0. The molecule has 162 valence electrons. The Kier molecular flexibility index (Phi) is 7.49. The fraction of sp³-hybridized carbons (Fsp3) is 0.136. The summed E-state index contributed by atoms with van der Waals surface area (Å²) in [6, 6.07) is 14.2. The summed E-state index contributed by atoms with van der Waals surface area (Å²) >= 11 is 18.2. The van der Waals surface area contributed by atoms with Gasteiger partial charge >= 0.3 is 10.1 Å². The van der Waals surface area contributed by atoms with Crippen molar-refractivity contribution in [3.8, 4) is 11.5 Å². The first-order valence-corrected chi connectivity index (χ1v) is 11.7. The maximum absolute atomic E-state index is 12.7. The monoisotopic (exact) mass is 497 g/mol. The van der Waals surface area contributed by atoms with Crippen molar-refractivity contribution in [2.45, 2.75) is 18.7 Å². The van der Waals surface area contributed by atoms with Gasteiger partial charge in [0.05, 0.1) is 17.3 Å². The zero-order chi connectivity index (χ0) is 22.6. The summed E-state index contributed by atoms with van der Waals surface area (Å²) in [5.74, 6) is 0.0753. The van der Waals surface area contributed by atoms with Crippen LogP contribution in [0.1, 0.15) is 18.1 Å². The summed E-state index contributed by atoms with van der Waals surface area (Å²) in [6.07, 6.45) is 1.59. The molecule has 0 fully saturated rings. The van der Waals surface area contributed by atoms with Crippen molar-refractivity contribution >= 4 is 56.8 Å². The molecule has 0 atom stereocenters. The second-order valence-corrected chi connectivity index (χ2v) is 9.27. The second-order valence-electron chi connectivity index (χ2n) is 6.44. The molecule has 3 rings (SSSR count). The van der Waals surface area contributed by atoms with Gasteiger partial charge in [0.25, 0.3) is 0 Å². The molecule has 31 heavy (non-hydrogen) atoms. The lowest BCUT2D eigenvalue weighted by Gasteiger charge is -2.14. The van der Waals surface area contributed by atoms with E-state index in [9.17, 15) is 8.42 Å². The van der Waals surface area contributed by atoms with Crippen molar-refractivity contribution in [3.05, 3.63) is 80.8 Å². The number of hydrogen-bond acceptors (Lipinski definition) is 5. The average Bonchev–Trinajstić information content (AvgIpc) is 2.71. The highest BCUT2D eigenvalue weighted by Gasteiger charge is 2.22. The third-order valence-electron chi connectivity index (χ3n) is 4.15. The molecule has 0 bridgehead atoms. The van der Waals surface area contributed by atoms with Gasteiger partial charge < -0.3 is 8.92 Å². The van der Waals surface area contributed by atoms with Crippen molar-refractivity contribution in [2.75, 3.05) is 6.61 Å². The van der Waals surface area contributed by atoms with E-state index in [1.165, 1.54) is 24.3 Å². The van der Waals surface area contributed by atoms with Crippen molar-refractivity contribution in [1.29, 1.82) is 0 Å². The summed E-state index contributed by atoms with van der Waals surface area (Å²) < 4.78 is 36.2. The lowest BCUT2D eigenvalue weighted by Crippen LogP contribution is -2.11. The lowest BCUT2D eigenvalue weighted by atomic mass is 10.2. The molecule has 0 aromatic heterocycles. The fourth-order valence-corrected chi connectivity index (χ4v) is 4.18. The summed E-state index contributed by atoms with van der Waals surface area (Å²) in [4.78, 5) is 4.39. The van der Waals surface area contributed by atoms with Gasteiger partial charge in [-0.05, 0) is 73.5 Å². The van der Waals surface area contributed by atoms with Gasteiger partial charge in [0.15, 0.2) is 5.75 Å². The highest BCUT2D eigenvalue weighted by molar-refractivity contribution is 7.87. The van der Waals surface area contributed by atoms with Crippen LogP contribution in [0.4, 0.5) is 5.69 Å². The van der Waals surface area contributed by atoms with Crippen LogP contribution in [0.2, 0.25) is 15.1 Å². The molecule has 0 N–H and O–H groups in total. The smallest absolute Gasteiger partial charge is 0.339 e. The Balaban J connectivity index is 1.96. The van der Waals surface area contributed by atoms with Crippen LogP contribution in [-0.2, 0) is 10.1 Å². The number of halogens is 3. The van der Waals surface area contributed by atoms with Gasteiger partial charge in [-0.2, -0.15) is 8.42 Å². The van der Waals surface area contributed by atoms with Crippen molar-refractivity contribution in [3.63, 3.8) is 0 Å². The molecule has 0 aliphatic heterocycles. The van der Waals surface area contributed by atoms with E-state index < -0.39 is 10.1 Å². The fourth-order valence-electron chi connectivity index (χ4n) is 2.63. The number of rotatable bonds is 7. The number of benzene rings is 3. The molecule has 0 aliphatic rings. The van der Waals surface area contributed by atoms with Gasteiger partial charge in [0, 0.05) is 16.3 Å². The first-order chi connectivity index (χ1) is 14.7.